The molecule has 15 heavy (non-hydrogen) atoms. The average Bonchev–Trinajstić information content (AvgIpc) is 2.23. The van der Waals surface area contributed by atoms with Crippen molar-refractivity contribution in [3.05, 3.63) is 44.5 Å². The van der Waals surface area contributed by atoms with Gasteiger partial charge < -0.3 is 0 Å². The van der Waals surface area contributed by atoms with Gasteiger partial charge in [0, 0.05) is 17.6 Å². The summed E-state index contributed by atoms with van der Waals surface area (Å²) in [5.74, 6) is 0. The van der Waals surface area contributed by atoms with Crippen LogP contribution in [0.4, 0.5) is 5.69 Å². The van der Waals surface area contributed by atoms with Crippen LogP contribution < -0.4 is 0 Å². The summed E-state index contributed by atoms with van der Waals surface area (Å²) in [5.41, 5.74) is 1.67. The third-order valence-electron chi connectivity index (χ3n) is 2.19. The number of hydrogen-bond donors (Lipinski definition) is 0. The molecule has 0 unspecified atom stereocenters. The lowest BCUT2D eigenvalue weighted by Gasteiger charge is -2.03. The summed E-state index contributed by atoms with van der Waals surface area (Å²) in [7, 11) is 0. The van der Waals surface area contributed by atoms with Crippen LogP contribution in [-0.2, 0) is 0 Å². The number of nitro benzene ring substituents is 1. The van der Waals surface area contributed by atoms with E-state index in [1.54, 1.807) is 12.3 Å². The van der Waals surface area contributed by atoms with E-state index in [0.29, 0.717) is 4.47 Å². The number of nitro groups is 1. The third-order valence-corrected chi connectivity index (χ3v) is 3.03. The normalized spacial score (nSPS) is 10.5. The monoisotopic (exact) mass is 266 g/mol. The highest BCUT2D eigenvalue weighted by Crippen LogP contribution is 2.33. The van der Waals surface area contributed by atoms with Gasteiger partial charge in [0.15, 0.2) is 0 Å². The number of pyridine rings is 1. The van der Waals surface area contributed by atoms with Crippen LogP contribution >= 0.6 is 15.9 Å². The van der Waals surface area contributed by atoms with Gasteiger partial charge in [-0.15, -0.1) is 0 Å². The summed E-state index contributed by atoms with van der Waals surface area (Å²) in [6.07, 6.45) is 1.67. The molecule has 0 fully saturated rings. The van der Waals surface area contributed by atoms with Crippen molar-refractivity contribution in [3.8, 4) is 0 Å². The van der Waals surface area contributed by atoms with E-state index in [2.05, 4.69) is 20.9 Å². The molecule has 1 heterocycles. The van der Waals surface area contributed by atoms with Crippen molar-refractivity contribution in [2.75, 3.05) is 0 Å². The van der Waals surface area contributed by atoms with Crippen LogP contribution in [0, 0.1) is 17.0 Å². The van der Waals surface area contributed by atoms with Crippen molar-refractivity contribution >= 4 is 32.5 Å². The largest absolute Gasteiger partial charge is 0.284 e. The lowest BCUT2D eigenvalue weighted by Crippen LogP contribution is -1.93. The molecule has 5 heteroatoms. The highest BCUT2D eigenvalue weighted by molar-refractivity contribution is 9.10. The van der Waals surface area contributed by atoms with Crippen LogP contribution in [0.2, 0.25) is 0 Å². The molecule has 0 aliphatic carbocycles. The van der Waals surface area contributed by atoms with E-state index in [4.69, 9.17) is 0 Å². The smallest absolute Gasteiger partial charge is 0.258 e. The molecule has 0 aliphatic rings. The minimum atomic E-state index is -0.399. The summed E-state index contributed by atoms with van der Waals surface area (Å²) in [5, 5.41) is 11.5. The van der Waals surface area contributed by atoms with Crippen molar-refractivity contribution in [3.63, 3.8) is 0 Å². The zero-order valence-corrected chi connectivity index (χ0v) is 9.48. The van der Waals surface area contributed by atoms with Gasteiger partial charge in [0.1, 0.15) is 4.47 Å². The van der Waals surface area contributed by atoms with Gasteiger partial charge in [-0.2, -0.15) is 0 Å². The molecule has 1 aromatic heterocycles. The number of halogens is 1. The van der Waals surface area contributed by atoms with Crippen LogP contribution in [0.15, 0.2) is 28.9 Å². The molecule has 1 aromatic carbocycles. The number of fused-ring (bicyclic) bond motifs is 1. The molecule has 76 valence electrons. The number of hydrogen-bond acceptors (Lipinski definition) is 3. The molecule has 2 aromatic rings. The fraction of sp³-hybridized carbons (Fsp3) is 0.100. The van der Waals surface area contributed by atoms with Crippen molar-refractivity contribution in [2.24, 2.45) is 0 Å². The van der Waals surface area contributed by atoms with Gasteiger partial charge in [-0.1, -0.05) is 0 Å². The quantitative estimate of drug-likeness (QED) is 0.588. The molecule has 0 saturated carbocycles. The second-order valence-corrected chi connectivity index (χ2v) is 3.98. The Morgan fingerprint density at radius 1 is 1.53 bits per heavy atom. The highest BCUT2D eigenvalue weighted by Gasteiger charge is 2.16. The molecule has 0 bridgehead atoms. The van der Waals surface area contributed by atoms with Gasteiger partial charge in [0.05, 0.1) is 10.4 Å². The molecular weight excluding hydrogens is 260 g/mol. The summed E-state index contributed by atoms with van der Waals surface area (Å²) in [4.78, 5) is 14.6. The molecule has 0 spiro atoms. The van der Waals surface area contributed by atoms with Gasteiger partial charge in [-0.3, -0.25) is 15.1 Å². The Bertz CT molecular complexity index is 554. The molecule has 0 N–H and O–H groups in total. The zero-order chi connectivity index (χ0) is 11.0. The van der Waals surface area contributed by atoms with E-state index >= 15 is 0 Å². The summed E-state index contributed by atoms with van der Waals surface area (Å²) < 4.78 is 0.487. The standard InChI is InChI=1S/C10H7BrN2O2/c1-6-5-8(13(14)15)9(11)7-3-2-4-12-10(6)7/h2-5H,1H3. The first-order valence-electron chi connectivity index (χ1n) is 4.29. The second kappa shape index (κ2) is 3.58. The Balaban J connectivity index is 2.90. The van der Waals surface area contributed by atoms with E-state index in [1.807, 2.05) is 13.0 Å². The van der Waals surface area contributed by atoms with Gasteiger partial charge in [0.25, 0.3) is 5.69 Å². The summed E-state index contributed by atoms with van der Waals surface area (Å²) in [6, 6.07) is 5.10. The lowest BCUT2D eigenvalue weighted by molar-refractivity contribution is -0.385. The molecular formula is C10H7BrN2O2. The number of aromatic nitrogens is 1. The highest BCUT2D eigenvalue weighted by atomic mass is 79.9. The maximum atomic E-state index is 10.8. The summed E-state index contributed by atoms with van der Waals surface area (Å²) >= 11 is 3.23. The Kier molecular flexibility index (Phi) is 2.40. The van der Waals surface area contributed by atoms with Gasteiger partial charge >= 0.3 is 0 Å². The van der Waals surface area contributed by atoms with Crippen molar-refractivity contribution < 1.29 is 4.92 Å². The second-order valence-electron chi connectivity index (χ2n) is 3.18. The van der Waals surface area contributed by atoms with Crippen molar-refractivity contribution in [1.82, 2.24) is 4.98 Å². The third kappa shape index (κ3) is 1.59. The molecule has 0 saturated heterocycles. The van der Waals surface area contributed by atoms with Gasteiger partial charge in [-0.25, -0.2) is 0 Å². The maximum Gasteiger partial charge on any atom is 0.284 e. The molecule has 2 rings (SSSR count). The molecule has 0 aliphatic heterocycles. The van der Waals surface area contributed by atoms with Crippen LogP contribution in [0.3, 0.4) is 0 Å². The van der Waals surface area contributed by atoms with E-state index in [-0.39, 0.29) is 5.69 Å². The number of aryl methyl sites for hydroxylation is 1. The maximum absolute atomic E-state index is 10.8. The molecule has 4 nitrogen and oxygen atoms in total. The lowest BCUT2D eigenvalue weighted by atomic mass is 10.1. The van der Waals surface area contributed by atoms with Crippen LogP contribution in [0.25, 0.3) is 10.9 Å². The summed E-state index contributed by atoms with van der Waals surface area (Å²) in [6.45, 7) is 1.81. The first-order chi connectivity index (χ1) is 7.11. The SMILES string of the molecule is Cc1cc([N+](=O)[O-])c(Br)c2cccnc12. The van der Waals surface area contributed by atoms with E-state index < -0.39 is 4.92 Å². The number of rotatable bonds is 1. The van der Waals surface area contributed by atoms with E-state index in [9.17, 15) is 10.1 Å². The Hall–Kier alpha value is -1.49. The van der Waals surface area contributed by atoms with Gasteiger partial charge in [0.2, 0.25) is 0 Å². The first kappa shape index (κ1) is 10.0. The minimum Gasteiger partial charge on any atom is -0.258 e. The average molecular weight is 267 g/mol. The molecule has 0 radical (unpaired) electrons. The Morgan fingerprint density at radius 2 is 2.27 bits per heavy atom. The van der Waals surface area contributed by atoms with Gasteiger partial charge in [-0.05, 0) is 40.5 Å². The fourth-order valence-corrected chi connectivity index (χ4v) is 2.08. The Morgan fingerprint density at radius 3 is 2.93 bits per heavy atom. The number of benzene rings is 1. The van der Waals surface area contributed by atoms with Crippen molar-refractivity contribution in [1.29, 1.82) is 0 Å². The predicted molar refractivity (Wildman–Crippen MR) is 60.8 cm³/mol. The zero-order valence-electron chi connectivity index (χ0n) is 7.90. The molecule has 0 amide bonds. The van der Waals surface area contributed by atoms with Crippen molar-refractivity contribution in [2.45, 2.75) is 6.92 Å². The predicted octanol–water partition coefficient (Wildman–Crippen LogP) is 3.21. The van der Waals surface area contributed by atoms with Crippen LogP contribution in [0.5, 0.6) is 0 Å². The van der Waals surface area contributed by atoms with Crippen LogP contribution in [0.1, 0.15) is 5.56 Å². The molecule has 0 atom stereocenters. The minimum absolute atomic E-state index is 0.0769. The van der Waals surface area contributed by atoms with E-state index in [1.165, 1.54) is 6.07 Å². The van der Waals surface area contributed by atoms with E-state index in [0.717, 1.165) is 16.5 Å². The fourth-order valence-electron chi connectivity index (χ4n) is 1.50. The first-order valence-corrected chi connectivity index (χ1v) is 5.09. The number of nitrogens with zero attached hydrogens (tertiary/aromatic N) is 2. The van der Waals surface area contributed by atoms with Crippen LogP contribution in [-0.4, -0.2) is 9.91 Å². The Labute approximate surface area is 94.2 Å². The topological polar surface area (TPSA) is 56.0 Å².